The fraction of sp³-hybridized carbons (Fsp3) is 0.800. The highest BCUT2D eigenvalue weighted by Gasteiger charge is 2.29. The Bertz CT molecular complexity index is 419. The summed E-state index contributed by atoms with van der Waals surface area (Å²) in [6.07, 6.45) is 3.25. The van der Waals surface area contributed by atoms with Gasteiger partial charge in [-0.3, -0.25) is 9.59 Å². The lowest BCUT2D eigenvalue weighted by Crippen LogP contribution is -2.56. The van der Waals surface area contributed by atoms with Gasteiger partial charge in [-0.05, 0) is 13.3 Å². The number of carboxylic acids is 1. The lowest BCUT2D eigenvalue weighted by Gasteiger charge is -2.22. The SMILES string of the molecule is [2H]N(C(=O)CCCCCCC)[C@H](C(=O)N[C@@H](CO)C(=O)O)[C@@H](C)O. The number of rotatable bonds is 12. The number of aliphatic carboxylic acids is 1. The summed E-state index contributed by atoms with van der Waals surface area (Å²) in [5.41, 5.74) is 0. The molecule has 0 radical (unpaired) electrons. The van der Waals surface area contributed by atoms with E-state index in [2.05, 4.69) is 6.92 Å². The Morgan fingerprint density at radius 1 is 1.17 bits per heavy atom. The number of carbonyl (C=O) groups is 3. The normalized spacial score (nSPS) is 15.2. The van der Waals surface area contributed by atoms with Gasteiger partial charge in [0.15, 0.2) is 1.41 Å². The largest absolute Gasteiger partial charge is 0.480 e. The molecule has 0 heterocycles. The van der Waals surface area contributed by atoms with Gasteiger partial charge < -0.3 is 25.9 Å². The highest BCUT2D eigenvalue weighted by Crippen LogP contribution is 2.05. The molecule has 0 saturated carbocycles. The minimum atomic E-state index is -1.56. The van der Waals surface area contributed by atoms with E-state index in [0.29, 0.717) is 11.7 Å². The van der Waals surface area contributed by atoms with E-state index in [1.54, 1.807) is 0 Å². The zero-order valence-corrected chi connectivity index (χ0v) is 13.7. The Kier molecular flexibility index (Phi) is 9.97. The first-order valence-corrected chi connectivity index (χ1v) is 7.89. The van der Waals surface area contributed by atoms with Crippen LogP contribution in [-0.2, 0) is 14.4 Å². The maximum absolute atomic E-state index is 12.1. The number of amides is 2. The molecule has 0 aromatic carbocycles. The zero-order valence-electron chi connectivity index (χ0n) is 14.7. The third-order valence-corrected chi connectivity index (χ3v) is 3.30. The molecule has 0 saturated heterocycles. The van der Waals surface area contributed by atoms with Crippen molar-refractivity contribution in [1.82, 2.24) is 10.6 Å². The fourth-order valence-electron chi connectivity index (χ4n) is 1.93. The van der Waals surface area contributed by atoms with Crippen LogP contribution in [0.3, 0.4) is 0 Å². The minimum Gasteiger partial charge on any atom is -0.480 e. The van der Waals surface area contributed by atoms with Gasteiger partial charge >= 0.3 is 5.97 Å². The van der Waals surface area contributed by atoms with Gasteiger partial charge in [0.25, 0.3) is 0 Å². The summed E-state index contributed by atoms with van der Waals surface area (Å²) in [6.45, 7) is 2.46. The number of carboxylic acid groups (broad SMARTS) is 1. The van der Waals surface area contributed by atoms with Crippen molar-refractivity contribution in [3.63, 3.8) is 0 Å². The maximum atomic E-state index is 12.1. The van der Waals surface area contributed by atoms with Crippen LogP contribution in [0.5, 0.6) is 0 Å². The van der Waals surface area contributed by atoms with E-state index in [1.807, 2.05) is 5.32 Å². The molecule has 0 unspecified atom stereocenters. The van der Waals surface area contributed by atoms with Gasteiger partial charge in [-0.15, -0.1) is 0 Å². The predicted octanol–water partition coefficient (Wildman–Crippen LogP) is -0.226. The number of carbonyl (C=O) groups excluding carboxylic acids is 2. The zero-order chi connectivity index (χ0) is 18.7. The summed E-state index contributed by atoms with van der Waals surface area (Å²) < 4.78 is 7.77. The minimum absolute atomic E-state index is 0.0755. The van der Waals surface area contributed by atoms with Gasteiger partial charge in [0, 0.05) is 6.42 Å². The predicted molar refractivity (Wildman–Crippen MR) is 83.6 cm³/mol. The second-order valence-electron chi connectivity index (χ2n) is 5.45. The Morgan fingerprint density at radius 2 is 1.78 bits per heavy atom. The maximum Gasteiger partial charge on any atom is 0.328 e. The van der Waals surface area contributed by atoms with Crippen LogP contribution in [0.25, 0.3) is 0 Å². The van der Waals surface area contributed by atoms with E-state index in [4.69, 9.17) is 11.6 Å². The van der Waals surface area contributed by atoms with Crippen molar-refractivity contribution in [2.45, 2.75) is 70.6 Å². The first kappa shape index (κ1) is 19.4. The van der Waals surface area contributed by atoms with Gasteiger partial charge in [-0.1, -0.05) is 32.6 Å². The molecule has 0 bridgehead atoms. The average Bonchev–Trinajstić information content (AvgIpc) is 2.51. The molecule has 0 aliphatic rings. The lowest BCUT2D eigenvalue weighted by molar-refractivity contribution is -0.144. The fourth-order valence-corrected chi connectivity index (χ4v) is 1.93. The van der Waals surface area contributed by atoms with Gasteiger partial charge in [-0.2, -0.15) is 0 Å². The van der Waals surface area contributed by atoms with Crippen LogP contribution in [0.4, 0.5) is 0 Å². The molecule has 8 nitrogen and oxygen atoms in total. The van der Waals surface area contributed by atoms with Crippen LogP contribution in [0, 0.1) is 0 Å². The summed E-state index contributed by atoms with van der Waals surface area (Å²) in [5.74, 6) is -3.07. The number of aliphatic hydroxyl groups excluding tert-OH is 2. The smallest absolute Gasteiger partial charge is 0.328 e. The van der Waals surface area contributed by atoms with E-state index in [9.17, 15) is 19.5 Å². The van der Waals surface area contributed by atoms with Crippen molar-refractivity contribution in [3.05, 3.63) is 0 Å². The van der Waals surface area contributed by atoms with Crippen LogP contribution >= 0.6 is 0 Å². The molecule has 0 aliphatic heterocycles. The molecule has 8 heteroatoms. The molecule has 3 atom stereocenters. The first-order chi connectivity index (χ1) is 11.3. The van der Waals surface area contributed by atoms with Crippen LogP contribution in [0.1, 0.15) is 52.4 Å². The van der Waals surface area contributed by atoms with E-state index in [1.165, 1.54) is 6.92 Å². The number of nitrogens with one attached hydrogen (secondary N) is 2. The molecule has 0 aromatic rings. The number of aliphatic hydroxyl groups is 2. The molecule has 5 N–H and O–H groups in total. The molecule has 2 amide bonds. The summed E-state index contributed by atoms with van der Waals surface area (Å²) in [6, 6.07) is -3.10. The number of hydrogen-bond donors (Lipinski definition) is 5. The number of hydrogen-bond acceptors (Lipinski definition) is 5. The molecular weight excluding hydrogens is 304 g/mol. The molecule has 0 aromatic heterocycles. The summed E-state index contributed by atoms with van der Waals surface area (Å²) in [4.78, 5) is 34.9. The molecule has 0 rings (SSSR count). The Hall–Kier alpha value is -1.67. The van der Waals surface area contributed by atoms with Crippen LogP contribution in [0.2, 0.25) is 1.41 Å². The summed E-state index contributed by atoms with van der Waals surface area (Å²) in [5, 5.41) is 29.8. The highest BCUT2D eigenvalue weighted by atomic mass is 16.4. The third-order valence-electron chi connectivity index (χ3n) is 3.30. The average molecular weight is 333 g/mol. The molecule has 0 fully saturated rings. The van der Waals surface area contributed by atoms with Crippen molar-refractivity contribution in [3.8, 4) is 0 Å². The first-order valence-electron chi connectivity index (χ1n) is 8.34. The molecule has 23 heavy (non-hydrogen) atoms. The molecule has 134 valence electrons. The van der Waals surface area contributed by atoms with Crippen LogP contribution < -0.4 is 10.6 Å². The second-order valence-corrected chi connectivity index (χ2v) is 5.45. The van der Waals surface area contributed by atoms with Crippen molar-refractivity contribution >= 4 is 17.8 Å². The van der Waals surface area contributed by atoms with Crippen molar-refractivity contribution in [2.24, 2.45) is 0 Å². The highest BCUT2D eigenvalue weighted by molar-refractivity contribution is 5.90. The van der Waals surface area contributed by atoms with E-state index < -0.39 is 42.6 Å². The standard InChI is InChI=1S/C15H28N2O6/c1-3-4-5-6-7-8-12(20)17-13(10(2)19)14(21)16-11(9-18)15(22)23/h10-11,13,18-19H,3-9H2,1-2H3,(H,16,21)(H,17,20)(H,22,23)/t10-,11+,13+/m1/s1/i/hD. The molecule has 0 spiro atoms. The monoisotopic (exact) mass is 333 g/mol. The van der Waals surface area contributed by atoms with Gasteiger partial charge in [-0.25, -0.2) is 4.79 Å². The summed E-state index contributed by atoms with van der Waals surface area (Å²) in [7, 11) is 0. The number of unbranched alkanes of at least 4 members (excludes halogenated alkanes) is 4. The van der Waals surface area contributed by atoms with Gasteiger partial charge in [0.1, 0.15) is 12.1 Å². The van der Waals surface area contributed by atoms with Crippen LogP contribution in [0.15, 0.2) is 0 Å². The topological polar surface area (TPSA) is 136 Å². The van der Waals surface area contributed by atoms with Crippen molar-refractivity contribution < 1.29 is 31.1 Å². The van der Waals surface area contributed by atoms with Gasteiger partial charge in [0.2, 0.25) is 11.8 Å². The van der Waals surface area contributed by atoms with Crippen molar-refractivity contribution in [1.29, 1.82) is 0 Å². The summed E-state index contributed by atoms with van der Waals surface area (Å²) >= 11 is 0. The van der Waals surface area contributed by atoms with Gasteiger partial charge in [0.05, 0.1) is 12.7 Å². The molecule has 0 aliphatic carbocycles. The second kappa shape index (κ2) is 11.8. The Morgan fingerprint density at radius 3 is 2.26 bits per heavy atom. The third kappa shape index (κ3) is 9.14. The lowest BCUT2D eigenvalue weighted by atomic mass is 10.1. The Labute approximate surface area is 137 Å². The van der Waals surface area contributed by atoms with E-state index >= 15 is 0 Å². The van der Waals surface area contributed by atoms with E-state index in [0.717, 1.165) is 25.7 Å². The van der Waals surface area contributed by atoms with Crippen LogP contribution in [-0.4, -0.2) is 57.9 Å². The quantitative estimate of drug-likeness (QED) is 0.313. The molecular formula is C15H28N2O6. The van der Waals surface area contributed by atoms with Crippen molar-refractivity contribution in [2.75, 3.05) is 6.61 Å². The Balaban J connectivity index is 4.69. The van der Waals surface area contributed by atoms with E-state index in [-0.39, 0.29) is 6.42 Å².